The monoisotopic (exact) mass is 356 g/mol. The maximum Gasteiger partial charge on any atom is 0.310 e. The summed E-state index contributed by atoms with van der Waals surface area (Å²) in [6.07, 6.45) is -1.73. The van der Waals surface area contributed by atoms with E-state index < -0.39 is 12.4 Å². The lowest BCUT2D eigenvalue weighted by Gasteiger charge is -2.11. The van der Waals surface area contributed by atoms with Crippen molar-refractivity contribution in [3.63, 3.8) is 0 Å². The highest BCUT2D eigenvalue weighted by atomic mass is 127. The first-order valence-electron chi connectivity index (χ1n) is 4.83. The van der Waals surface area contributed by atoms with Gasteiger partial charge in [-0.25, -0.2) is 13.8 Å². The van der Waals surface area contributed by atoms with E-state index in [1.54, 1.807) is 29.5 Å². The van der Waals surface area contributed by atoms with Gasteiger partial charge in [0.25, 0.3) is 6.43 Å². The largest absolute Gasteiger partial charge is 0.466 e. The van der Waals surface area contributed by atoms with Crippen LogP contribution in [-0.2, 0) is 16.0 Å². The molecular formula is C10H11F2IN2O2. The SMILES string of the molecule is CCOC(=O)Cc1cnc(N)c(I)c1C(F)F. The number of carbonyl (C=O) groups is 1. The van der Waals surface area contributed by atoms with Gasteiger partial charge < -0.3 is 10.5 Å². The fourth-order valence-corrected chi connectivity index (χ4v) is 2.02. The molecular weight excluding hydrogens is 345 g/mol. The van der Waals surface area contributed by atoms with Crippen LogP contribution in [0.3, 0.4) is 0 Å². The van der Waals surface area contributed by atoms with Crippen LogP contribution in [0.15, 0.2) is 6.20 Å². The summed E-state index contributed by atoms with van der Waals surface area (Å²) < 4.78 is 30.6. The summed E-state index contributed by atoms with van der Waals surface area (Å²) in [5, 5.41) is 0. The normalized spacial score (nSPS) is 10.6. The first-order valence-corrected chi connectivity index (χ1v) is 5.91. The fourth-order valence-electron chi connectivity index (χ4n) is 1.30. The zero-order chi connectivity index (χ0) is 13.0. The van der Waals surface area contributed by atoms with Crippen LogP contribution in [0, 0.1) is 3.57 Å². The second-order valence-electron chi connectivity index (χ2n) is 3.18. The van der Waals surface area contributed by atoms with Crippen molar-refractivity contribution in [3.05, 3.63) is 20.9 Å². The molecule has 1 rings (SSSR count). The number of pyridine rings is 1. The number of alkyl halides is 2. The first-order chi connectivity index (χ1) is 7.97. The number of nitrogen functional groups attached to an aromatic ring is 1. The topological polar surface area (TPSA) is 65.2 Å². The van der Waals surface area contributed by atoms with Crippen LogP contribution in [0.5, 0.6) is 0 Å². The minimum Gasteiger partial charge on any atom is -0.466 e. The van der Waals surface area contributed by atoms with Crippen LogP contribution < -0.4 is 5.73 Å². The Balaban J connectivity index is 3.07. The predicted molar refractivity (Wildman–Crippen MR) is 66.7 cm³/mol. The number of aromatic nitrogens is 1. The molecule has 0 atom stereocenters. The summed E-state index contributed by atoms with van der Waals surface area (Å²) in [6.45, 7) is 1.86. The van der Waals surface area contributed by atoms with Gasteiger partial charge in [-0.05, 0) is 35.1 Å². The molecule has 0 bridgehead atoms. The highest BCUT2D eigenvalue weighted by molar-refractivity contribution is 14.1. The van der Waals surface area contributed by atoms with Crippen molar-refractivity contribution in [2.75, 3.05) is 12.3 Å². The van der Waals surface area contributed by atoms with E-state index in [-0.39, 0.29) is 33.5 Å². The summed E-state index contributed by atoms with van der Waals surface area (Å²) >= 11 is 1.69. The number of nitrogens with zero attached hydrogens (tertiary/aromatic N) is 1. The van der Waals surface area contributed by atoms with Crippen molar-refractivity contribution < 1.29 is 18.3 Å². The van der Waals surface area contributed by atoms with Gasteiger partial charge in [0.15, 0.2) is 0 Å². The van der Waals surface area contributed by atoms with Gasteiger partial charge in [0.1, 0.15) is 5.82 Å². The number of esters is 1. The van der Waals surface area contributed by atoms with E-state index in [2.05, 4.69) is 4.98 Å². The molecule has 0 saturated carbocycles. The first kappa shape index (κ1) is 14.1. The van der Waals surface area contributed by atoms with Crippen LogP contribution >= 0.6 is 22.6 Å². The smallest absolute Gasteiger partial charge is 0.310 e. The highest BCUT2D eigenvalue weighted by Crippen LogP contribution is 2.30. The van der Waals surface area contributed by atoms with Crippen molar-refractivity contribution in [1.82, 2.24) is 4.98 Å². The minimum absolute atomic E-state index is 0.0357. The van der Waals surface area contributed by atoms with Crippen LogP contribution in [0.25, 0.3) is 0 Å². The Morgan fingerprint density at radius 3 is 2.82 bits per heavy atom. The molecule has 0 fully saturated rings. The van der Waals surface area contributed by atoms with Gasteiger partial charge in [0.2, 0.25) is 0 Å². The van der Waals surface area contributed by atoms with E-state index in [0.29, 0.717) is 0 Å². The molecule has 0 radical (unpaired) electrons. The number of anilines is 1. The Labute approximate surface area is 111 Å². The number of ether oxygens (including phenoxy) is 1. The third kappa shape index (κ3) is 3.48. The molecule has 0 aliphatic rings. The number of nitrogens with two attached hydrogens (primary N) is 1. The van der Waals surface area contributed by atoms with Crippen molar-refractivity contribution >= 4 is 34.4 Å². The maximum atomic E-state index is 12.9. The van der Waals surface area contributed by atoms with Gasteiger partial charge in [0, 0.05) is 11.8 Å². The van der Waals surface area contributed by atoms with E-state index >= 15 is 0 Å². The molecule has 0 amide bonds. The molecule has 0 aromatic carbocycles. The van der Waals surface area contributed by atoms with Crippen molar-refractivity contribution in [2.24, 2.45) is 0 Å². The Morgan fingerprint density at radius 2 is 2.29 bits per heavy atom. The summed E-state index contributed by atoms with van der Waals surface area (Å²) in [7, 11) is 0. The molecule has 0 unspecified atom stereocenters. The molecule has 17 heavy (non-hydrogen) atoms. The molecule has 2 N–H and O–H groups in total. The maximum absolute atomic E-state index is 12.9. The molecule has 1 heterocycles. The fraction of sp³-hybridized carbons (Fsp3) is 0.400. The standard InChI is InChI=1S/C10H11F2IN2O2/c1-2-17-6(16)3-5-4-15-10(14)8(13)7(5)9(11)12/h4,9H,2-3H2,1H3,(H2,14,15). The van der Waals surface area contributed by atoms with Gasteiger partial charge in [-0.1, -0.05) is 0 Å². The van der Waals surface area contributed by atoms with Crippen molar-refractivity contribution in [2.45, 2.75) is 19.8 Å². The molecule has 7 heteroatoms. The van der Waals surface area contributed by atoms with Crippen LogP contribution in [0.1, 0.15) is 24.5 Å². The van der Waals surface area contributed by atoms with Gasteiger partial charge >= 0.3 is 5.97 Å². The summed E-state index contributed by atoms with van der Waals surface area (Å²) in [5.41, 5.74) is 5.35. The Hall–Kier alpha value is -0.990. The van der Waals surface area contributed by atoms with E-state index in [9.17, 15) is 13.6 Å². The molecule has 1 aromatic heterocycles. The molecule has 94 valence electrons. The van der Waals surface area contributed by atoms with Gasteiger partial charge in [0.05, 0.1) is 16.6 Å². The zero-order valence-corrected chi connectivity index (χ0v) is 11.2. The summed E-state index contributed by atoms with van der Waals surface area (Å²) in [5.74, 6) is -0.523. The van der Waals surface area contributed by atoms with E-state index in [1.807, 2.05) is 0 Å². The summed E-state index contributed by atoms with van der Waals surface area (Å²) in [6, 6.07) is 0. The van der Waals surface area contributed by atoms with Gasteiger partial charge in [-0.2, -0.15) is 0 Å². The average Bonchev–Trinajstić information content (AvgIpc) is 2.23. The molecule has 0 spiro atoms. The van der Waals surface area contributed by atoms with Crippen molar-refractivity contribution in [1.29, 1.82) is 0 Å². The second-order valence-corrected chi connectivity index (χ2v) is 4.26. The zero-order valence-electron chi connectivity index (χ0n) is 9.04. The number of halogens is 3. The quantitative estimate of drug-likeness (QED) is 0.664. The number of hydrogen-bond acceptors (Lipinski definition) is 4. The molecule has 0 saturated heterocycles. The Kier molecular flexibility index (Phi) is 5.03. The van der Waals surface area contributed by atoms with Crippen LogP contribution in [0.4, 0.5) is 14.6 Å². The number of hydrogen-bond donors (Lipinski definition) is 1. The third-order valence-electron chi connectivity index (χ3n) is 2.03. The lowest BCUT2D eigenvalue weighted by Crippen LogP contribution is -2.12. The number of rotatable bonds is 4. The highest BCUT2D eigenvalue weighted by Gasteiger charge is 2.21. The van der Waals surface area contributed by atoms with E-state index in [4.69, 9.17) is 10.5 Å². The van der Waals surface area contributed by atoms with Crippen LogP contribution in [0.2, 0.25) is 0 Å². The third-order valence-corrected chi connectivity index (χ3v) is 3.16. The minimum atomic E-state index is -2.70. The summed E-state index contributed by atoms with van der Waals surface area (Å²) in [4.78, 5) is 15.0. The Bertz CT molecular complexity index is 427. The second kappa shape index (κ2) is 6.08. The van der Waals surface area contributed by atoms with Crippen molar-refractivity contribution in [3.8, 4) is 0 Å². The molecule has 1 aromatic rings. The molecule has 0 aliphatic heterocycles. The lowest BCUT2D eigenvalue weighted by atomic mass is 10.1. The molecule has 4 nitrogen and oxygen atoms in total. The number of carbonyl (C=O) groups excluding carboxylic acids is 1. The Morgan fingerprint density at radius 1 is 1.65 bits per heavy atom. The lowest BCUT2D eigenvalue weighted by molar-refractivity contribution is -0.142. The van der Waals surface area contributed by atoms with E-state index in [1.165, 1.54) is 6.20 Å². The predicted octanol–water partition coefficient (Wildman–Crippen LogP) is 2.31. The average molecular weight is 356 g/mol. The molecule has 0 aliphatic carbocycles. The van der Waals surface area contributed by atoms with Crippen LogP contribution in [-0.4, -0.2) is 17.6 Å². The van der Waals surface area contributed by atoms with Gasteiger partial charge in [-0.3, -0.25) is 4.79 Å². The van der Waals surface area contributed by atoms with Gasteiger partial charge in [-0.15, -0.1) is 0 Å². The van der Waals surface area contributed by atoms with E-state index in [0.717, 1.165) is 0 Å².